The van der Waals surface area contributed by atoms with Crippen molar-refractivity contribution >= 4 is 5.91 Å². The molecule has 1 amide bonds. The lowest BCUT2D eigenvalue weighted by Crippen LogP contribution is -2.31. The van der Waals surface area contributed by atoms with Crippen LogP contribution in [0.25, 0.3) is 0 Å². The van der Waals surface area contributed by atoms with Gasteiger partial charge < -0.3 is 24.8 Å². The van der Waals surface area contributed by atoms with Gasteiger partial charge in [0, 0.05) is 20.2 Å². The van der Waals surface area contributed by atoms with Gasteiger partial charge in [0.15, 0.2) is 18.1 Å². The molecule has 0 heterocycles. The summed E-state index contributed by atoms with van der Waals surface area (Å²) in [5.41, 5.74) is 1.10. The summed E-state index contributed by atoms with van der Waals surface area (Å²) in [6.45, 7) is 4.10. The van der Waals surface area contributed by atoms with Crippen LogP contribution in [0.3, 0.4) is 0 Å². The molecule has 2 N–H and O–H groups in total. The summed E-state index contributed by atoms with van der Waals surface area (Å²) < 4.78 is 15.9. The van der Waals surface area contributed by atoms with Crippen molar-refractivity contribution in [1.82, 2.24) is 10.6 Å². The van der Waals surface area contributed by atoms with Gasteiger partial charge in [0.25, 0.3) is 5.91 Å². The molecule has 0 aliphatic heterocycles. The van der Waals surface area contributed by atoms with E-state index < -0.39 is 0 Å². The Morgan fingerprint density at radius 2 is 2.05 bits per heavy atom. The predicted octanol–water partition coefficient (Wildman–Crippen LogP) is 0.946. The molecule has 1 rings (SSSR count). The summed E-state index contributed by atoms with van der Waals surface area (Å²) in [4.78, 5) is 11.6. The van der Waals surface area contributed by atoms with Gasteiger partial charge in [-0.1, -0.05) is 6.07 Å². The Morgan fingerprint density at radius 3 is 2.71 bits per heavy atom. The molecule has 0 saturated carbocycles. The highest BCUT2D eigenvalue weighted by Crippen LogP contribution is 2.28. The standard InChI is InChI=1S/C15H24N2O4/c1-4-20-14-9-12(10-16-2)5-6-13(14)21-11-15(18)17-7-8-19-3/h5-6,9,16H,4,7-8,10-11H2,1-3H3,(H,17,18). The van der Waals surface area contributed by atoms with E-state index in [1.165, 1.54) is 0 Å². The number of ether oxygens (including phenoxy) is 3. The minimum atomic E-state index is -0.186. The Hall–Kier alpha value is -1.79. The van der Waals surface area contributed by atoms with Crippen molar-refractivity contribution in [2.24, 2.45) is 0 Å². The molecular weight excluding hydrogens is 272 g/mol. The van der Waals surface area contributed by atoms with Gasteiger partial charge in [-0.15, -0.1) is 0 Å². The third-order valence-corrected chi connectivity index (χ3v) is 2.68. The van der Waals surface area contributed by atoms with Gasteiger partial charge in [-0.3, -0.25) is 4.79 Å². The van der Waals surface area contributed by atoms with Gasteiger partial charge in [0.1, 0.15) is 0 Å². The second-order valence-electron chi connectivity index (χ2n) is 4.38. The van der Waals surface area contributed by atoms with E-state index in [9.17, 15) is 4.79 Å². The molecule has 0 atom stereocenters. The number of nitrogens with one attached hydrogen (secondary N) is 2. The van der Waals surface area contributed by atoms with E-state index in [1.807, 2.05) is 32.2 Å². The first kappa shape index (κ1) is 17.3. The molecule has 6 heteroatoms. The number of rotatable bonds is 10. The summed E-state index contributed by atoms with van der Waals surface area (Å²) >= 11 is 0. The van der Waals surface area contributed by atoms with E-state index in [0.29, 0.717) is 31.3 Å². The van der Waals surface area contributed by atoms with Crippen molar-refractivity contribution in [2.75, 3.05) is 40.5 Å². The SMILES string of the molecule is CCOc1cc(CNC)ccc1OCC(=O)NCCOC. The fourth-order valence-corrected chi connectivity index (χ4v) is 1.74. The van der Waals surface area contributed by atoms with Crippen LogP contribution in [0.5, 0.6) is 11.5 Å². The molecule has 0 bridgehead atoms. The second kappa shape index (κ2) is 10.0. The number of hydrogen-bond donors (Lipinski definition) is 2. The lowest BCUT2D eigenvalue weighted by atomic mass is 10.2. The van der Waals surface area contributed by atoms with Gasteiger partial charge in [-0.25, -0.2) is 0 Å². The maximum absolute atomic E-state index is 11.6. The third kappa shape index (κ3) is 6.46. The molecule has 0 spiro atoms. The Morgan fingerprint density at radius 1 is 1.24 bits per heavy atom. The minimum absolute atomic E-state index is 0.0465. The molecule has 0 unspecified atom stereocenters. The summed E-state index contributed by atoms with van der Waals surface area (Å²) in [6, 6.07) is 5.68. The van der Waals surface area contributed by atoms with Crippen LogP contribution in [0.1, 0.15) is 12.5 Å². The Kier molecular flexibility index (Phi) is 8.23. The Balaban J connectivity index is 2.58. The van der Waals surface area contributed by atoms with Gasteiger partial charge in [0.05, 0.1) is 13.2 Å². The molecule has 0 saturated heterocycles. The van der Waals surface area contributed by atoms with Crippen molar-refractivity contribution in [3.05, 3.63) is 23.8 Å². The third-order valence-electron chi connectivity index (χ3n) is 2.68. The Bertz CT molecular complexity index is 438. The average Bonchev–Trinajstić information content (AvgIpc) is 2.47. The second-order valence-corrected chi connectivity index (χ2v) is 4.38. The monoisotopic (exact) mass is 296 g/mol. The van der Waals surface area contributed by atoms with Crippen LogP contribution in [0.4, 0.5) is 0 Å². The lowest BCUT2D eigenvalue weighted by molar-refractivity contribution is -0.123. The zero-order valence-corrected chi connectivity index (χ0v) is 12.9. The van der Waals surface area contributed by atoms with E-state index in [4.69, 9.17) is 14.2 Å². The molecule has 0 aliphatic rings. The summed E-state index contributed by atoms with van der Waals surface area (Å²) in [6.07, 6.45) is 0. The summed E-state index contributed by atoms with van der Waals surface area (Å²) in [5.74, 6) is 1.03. The minimum Gasteiger partial charge on any atom is -0.490 e. The molecular formula is C15H24N2O4. The fraction of sp³-hybridized carbons (Fsp3) is 0.533. The highest BCUT2D eigenvalue weighted by atomic mass is 16.5. The van der Waals surface area contributed by atoms with Crippen LogP contribution in [0, 0.1) is 0 Å². The molecule has 0 radical (unpaired) electrons. The number of methoxy groups -OCH3 is 1. The maximum atomic E-state index is 11.6. The molecule has 1 aromatic carbocycles. The zero-order chi connectivity index (χ0) is 15.5. The quantitative estimate of drug-likeness (QED) is 0.629. The molecule has 1 aromatic rings. The van der Waals surface area contributed by atoms with Crippen molar-refractivity contribution < 1.29 is 19.0 Å². The summed E-state index contributed by atoms with van der Waals surface area (Å²) in [7, 11) is 3.47. The highest BCUT2D eigenvalue weighted by molar-refractivity contribution is 5.77. The van der Waals surface area contributed by atoms with E-state index in [2.05, 4.69) is 10.6 Å². The van der Waals surface area contributed by atoms with Crippen LogP contribution >= 0.6 is 0 Å². The van der Waals surface area contributed by atoms with Crippen molar-refractivity contribution in [2.45, 2.75) is 13.5 Å². The average molecular weight is 296 g/mol. The first-order valence-electron chi connectivity index (χ1n) is 7.00. The molecule has 0 fully saturated rings. The van der Waals surface area contributed by atoms with Crippen LogP contribution in [0.2, 0.25) is 0 Å². The maximum Gasteiger partial charge on any atom is 0.258 e. The Labute approximate surface area is 125 Å². The lowest BCUT2D eigenvalue weighted by Gasteiger charge is -2.13. The summed E-state index contributed by atoms with van der Waals surface area (Å²) in [5, 5.41) is 5.78. The van der Waals surface area contributed by atoms with Crippen molar-refractivity contribution in [3.63, 3.8) is 0 Å². The zero-order valence-electron chi connectivity index (χ0n) is 12.9. The molecule has 21 heavy (non-hydrogen) atoms. The normalized spacial score (nSPS) is 10.2. The van der Waals surface area contributed by atoms with E-state index in [-0.39, 0.29) is 12.5 Å². The topological polar surface area (TPSA) is 68.8 Å². The molecule has 0 aromatic heterocycles. The molecule has 0 aliphatic carbocycles. The predicted molar refractivity (Wildman–Crippen MR) is 80.8 cm³/mol. The number of amides is 1. The van der Waals surface area contributed by atoms with Gasteiger partial charge in [-0.2, -0.15) is 0 Å². The number of carbonyl (C=O) groups is 1. The van der Waals surface area contributed by atoms with Crippen molar-refractivity contribution in [3.8, 4) is 11.5 Å². The van der Waals surface area contributed by atoms with E-state index in [1.54, 1.807) is 7.11 Å². The smallest absolute Gasteiger partial charge is 0.258 e. The first-order valence-corrected chi connectivity index (χ1v) is 7.00. The van der Waals surface area contributed by atoms with Gasteiger partial charge in [-0.05, 0) is 31.7 Å². The highest BCUT2D eigenvalue weighted by Gasteiger charge is 2.09. The van der Waals surface area contributed by atoms with Crippen LogP contribution in [-0.4, -0.2) is 46.4 Å². The number of hydrogen-bond acceptors (Lipinski definition) is 5. The molecule has 118 valence electrons. The van der Waals surface area contributed by atoms with Gasteiger partial charge >= 0.3 is 0 Å². The fourth-order valence-electron chi connectivity index (χ4n) is 1.74. The first-order chi connectivity index (χ1) is 10.2. The van der Waals surface area contributed by atoms with Crippen molar-refractivity contribution in [1.29, 1.82) is 0 Å². The van der Waals surface area contributed by atoms with Crippen LogP contribution < -0.4 is 20.1 Å². The number of benzene rings is 1. The van der Waals surface area contributed by atoms with Crippen LogP contribution in [-0.2, 0) is 16.1 Å². The van der Waals surface area contributed by atoms with E-state index >= 15 is 0 Å². The van der Waals surface area contributed by atoms with Gasteiger partial charge in [0.2, 0.25) is 0 Å². The largest absolute Gasteiger partial charge is 0.490 e. The van der Waals surface area contributed by atoms with Crippen LogP contribution in [0.15, 0.2) is 18.2 Å². The molecule has 6 nitrogen and oxygen atoms in total. The van der Waals surface area contributed by atoms with E-state index in [0.717, 1.165) is 12.1 Å². The number of carbonyl (C=O) groups excluding carboxylic acids is 1.